The minimum Gasteiger partial charge on any atom is -0.355 e. The fourth-order valence-electron chi connectivity index (χ4n) is 6.43. The van der Waals surface area contributed by atoms with Gasteiger partial charge in [0.25, 0.3) is 0 Å². The average Bonchev–Trinajstić information content (AvgIpc) is 3.08. The maximum absolute atomic E-state index is 3.72. The molecule has 0 saturated heterocycles. The van der Waals surface area contributed by atoms with E-state index in [1.807, 2.05) is 0 Å². The number of rotatable bonds is 5. The standard InChI is InChI=1S/C42H29N/c1-2-11-30(12-3-1)35-20-9-15-32-16-10-21-36(42(32)35)31-23-25-33(26-24-31)43-41-28-27-39(38-18-6-7-19-40(38)41)37-22-8-14-29-13-4-5-17-34(29)37/h1-28,43H. The van der Waals surface area contributed by atoms with Crippen molar-refractivity contribution < 1.29 is 0 Å². The fraction of sp³-hybridized carbons (Fsp3) is 0. The van der Waals surface area contributed by atoms with E-state index in [0.29, 0.717) is 0 Å². The fourth-order valence-corrected chi connectivity index (χ4v) is 6.43. The van der Waals surface area contributed by atoms with Crippen LogP contribution in [0.2, 0.25) is 0 Å². The summed E-state index contributed by atoms with van der Waals surface area (Å²) in [6, 6.07) is 61.0. The number of hydrogen-bond acceptors (Lipinski definition) is 1. The van der Waals surface area contributed by atoms with Crippen LogP contribution in [0.15, 0.2) is 170 Å². The van der Waals surface area contributed by atoms with Crippen LogP contribution >= 0.6 is 0 Å². The number of nitrogens with one attached hydrogen (secondary N) is 1. The first-order valence-corrected chi connectivity index (χ1v) is 14.8. The number of fused-ring (bicyclic) bond motifs is 3. The summed E-state index contributed by atoms with van der Waals surface area (Å²) < 4.78 is 0. The summed E-state index contributed by atoms with van der Waals surface area (Å²) in [6.45, 7) is 0. The van der Waals surface area contributed by atoms with Gasteiger partial charge in [0.2, 0.25) is 0 Å². The van der Waals surface area contributed by atoms with Gasteiger partial charge < -0.3 is 5.32 Å². The number of benzene rings is 8. The monoisotopic (exact) mass is 547 g/mol. The normalized spacial score (nSPS) is 11.3. The third-order valence-corrected chi connectivity index (χ3v) is 8.47. The van der Waals surface area contributed by atoms with Crippen LogP contribution in [0.5, 0.6) is 0 Å². The second-order valence-corrected chi connectivity index (χ2v) is 11.0. The van der Waals surface area contributed by atoms with E-state index in [2.05, 4.69) is 175 Å². The maximum Gasteiger partial charge on any atom is 0.0464 e. The van der Waals surface area contributed by atoms with Gasteiger partial charge in [0.15, 0.2) is 0 Å². The van der Waals surface area contributed by atoms with E-state index >= 15 is 0 Å². The van der Waals surface area contributed by atoms with Crippen molar-refractivity contribution in [3.8, 4) is 33.4 Å². The van der Waals surface area contributed by atoms with Gasteiger partial charge >= 0.3 is 0 Å². The molecule has 0 fully saturated rings. The molecule has 0 atom stereocenters. The lowest BCUT2D eigenvalue weighted by Gasteiger charge is -2.16. The largest absolute Gasteiger partial charge is 0.355 e. The van der Waals surface area contributed by atoms with Crippen molar-refractivity contribution in [2.75, 3.05) is 5.32 Å². The van der Waals surface area contributed by atoms with E-state index in [1.54, 1.807) is 0 Å². The van der Waals surface area contributed by atoms with Crippen LogP contribution < -0.4 is 5.32 Å². The van der Waals surface area contributed by atoms with Crippen molar-refractivity contribution in [3.63, 3.8) is 0 Å². The molecular formula is C42H29N. The van der Waals surface area contributed by atoms with Gasteiger partial charge in [0.05, 0.1) is 0 Å². The van der Waals surface area contributed by atoms with Crippen molar-refractivity contribution in [1.82, 2.24) is 0 Å². The molecule has 8 aromatic rings. The molecule has 0 amide bonds. The second-order valence-electron chi connectivity index (χ2n) is 11.0. The van der Waals surface area contributed by atoms with Crippen molar-refractivity contribution in [2.45, 2.75) is 0 Å². The minimum atomic E-state index is 1.07. The van der Waals surface area contributed by atoms with Crippen molar-refractivity contribution in [1.29, 1.82) is 0 Å². The van der Waals surface area contributed by atoms with Gasteiger partial charge in [-0.2, -0.15) is 0 Å². The van der Waals surface area contributed by atoms with Gasteiger partial charge in [-0.05, 0) is 78.5 Å². The molecule has 0 saturated carbocycles. The Kier molecular flexibility index (Phi) is 6.20. The van der Waals surface area contributed by atoms with E-state index < -0.39 is 0 Å². The Balaban J connectivity index is 1.17. The van der Waals surface area contributed by atoms with Crippen LogP contribution in [0.4, 0.5) is 11.4 Å². The zero-order valence-electron chi connectivity index (χ0n) is 23.7. The van der Waals surface area contributed by atoms with Crippen molar-refractivity contribution in [3.05, 3.63) is 170 Å². The van der Waals surface area contributed by atoms with Gasteiger partial charge in [-0.15, -0.1) is 0 Å². The summed E-state index contributed by atoms with van der Waals surface area (Å²) in [4.78, 5) is 0. The summed E-state index contributed by atoms with van der Waals surface area (Å²) in [5, 5.41) is 11.2. The Hall–Kier alpha value is -5.66. The summed E-state index contributed by atoms with van der Waals surface area (Å²) >= 11 is 0. The summed E-state index contributed by atoms with van der Waals surface area (Å²) in [5.74, 6) is 0. The molecule has 0 unspecified atom stereocenters. The van der Waals surface area contributed by atoms with E-state index in [4.69, 9.17) is 0 Å². The van der Waals surface area contributed by atoms with Crippen LogP contribution in [0, 0.1) is 0 Å². The smallest absolute Gasteiger partial charge is 0.0464 e. The molecule has 0 spiro atoms. The molecule has 1 nitrogen and oxygen atoms in total. The molecule has 0 radical (unpaired) electrons. The lowest BCUT2D eigenvalue weighted by atomic mass is 9.91. The van der Waals surface area contributed by atoms with E-state index in [0.717, 1.165) is 11.4 Å². The third kappa shape index (κ3) is 4.52. The highest BCUT2D eigenvalue weighted by Gasteiger charge is 2.12. The number of anilines is 2. The van der Waals surface area contributed by atoms with Crippen molar-refractivity contribution in [2.24, 2.45) is 0 Å². The predicted molar refractivity (Wildman–Crippen MR) is 185 cm³/mol. The Morgan fingerprint density at radius 1 is 0.302 bits per heavy atom. The van der Waals surface area contributed by atoms with E-state index in [-0.39, 0.29) is 0 Å². The maximum atomic E-state index is 3.72. The van der Waals surface area contributed by atoms with Gasteiger partial charge in [-0.1, -0.05) is 152 Å². The molecule has 0 aliphatic heterocycles. The highest BCUT2D eigenvalue weighted by Crippen LogP contribution is 2.39. The van der Waals surface area contributed by atoms with Gasteiger partial charge in [0, 0.05) is 16.8 Å². The molecule has 202 valence electrons. The van der Waals surface area contributed by atoms with Gasteiger partial charge in [0.1, 0.15) is 0 Å². The molecule has 43 heavy (non-hydrogen) atoms. The Morgan fingerprint density at radius 3 is 1.58 bits per heavy atom. The summed E-state index contributed by atoms with van der Waals surface area (Å²) in [5.41, 5.74) is 9.61. The SMILES string of the molecule is c1ccc(-c2cccc3cccc(-c4ccc(Nc5ccc(-c6cccc7ccccc67)c6ccccc56)cc4)c23)cc1. The molecule has 0 aromatic heterocycles. The highest BCUT2D eigenvalue weighted by molar-refractivity contribution is 6.09. The van der Waals surface area contributed by atoms with Crippen LogP contribution in [0.25, 0.3) is 65.7 Å². The van der Waals surface area contributed by atoms with Crippen LogP contribution in [0.3, 0.4) is 0 Å². The first-order chi connectivity index (χ1) is 21.3. The molecule has 8 rings (SSSR count). The predicted octanol–water partition coefficient (Wildman–Crippen LogP) is 11.9. The van der Waals surface area contributed by atoms with Crippen molar-refractivity contribution >= 4 is 43.7 Å². The Labute approximate surface area is 251 Å². The summed E-state index contributed by atoms with van der Waals surface area (Å²) in [6.07, 6.45) is 0. The molecular weight excluding hydrogens is 518 g/mol. The molecule has 0 aliphatic carbocycles. The van der Waals surface area contributed by atoms with Crippen LogP contribution in [-0.2, 0) is 0 Å². The molecule has 1 heteroatoms. The molecule has 8 aromatic carbocycles. The van der Waals surface area contributed by atoms with Crippen LogP contribution in [-0.4, -0.2) is 0 Å². The Bertz CT molecular complexity index is 2230. The second kappa shape index (κ2) is 10.6. The summed E-state index contributed by atoms with van der Waals surface area (Å²) in [7, 11) is 0. The first-order valence-electron chi connectivity index (χ1n) is 14.8. The van der Waals surface area contributed by atoms with Gasteiger partial charge in [-0.3, -0.25) is 0 Å². The topological polar surface area (TPSA) is 12.0 Å². The quantitative estimate of drug-likeness (QED) is 0.226. The van der Waals surface area contributed by atoms with Gasteiger partial charge in [-0.25, -0.2) is 0 Å². The lowest BCUT2D eigenvalue weighted by molar-refractivity contribution is 1.56. The van der Waals surface area contributed by atoms with E-state index in [9.17, 15) is 0 Å². The molecule has 0 heterocycles. The third-order valence-electron chi connectivity index (χ3n) is 8.47. The molecule has 0 aliphatic rings. The zero-order chi connectivity index (χ0) is 28.6. The highest BCUT2D eigenvalue weighted by atomic mass is 14.9. The Morgan fingerprint density at radius 2 is 0.837 bits per heavy atom. The zero-order valence-corrected chi connectivity index (χ0v) is 23.7. The molecule has 1 N–H and O–H groups in total. The lowest BCUT2D eigenvalue weighted by Crippen LogP contribution is -1.93. The molecule has 0 bridgehead atoms. The number of hydrogen-bond donors (Lipinski definition) is 1. The van der Waals surface area contributed by atoms with E-state index in [1.165, 1.54) is 65.7 Å². The average molecular weight is 548 g/mol. The minimum absolute atomic E-state index is 1.07. The van der Waals surface area contributed by atoms with Crippen LogP contribution in [0.1, 0.15) is 0 Å². The first kappa shape index (κ1) is 25.1.